The molecule has 6 nitrogen and oxygen atoms in total. The van der Waals surface area contributed by atoms with Crippen molar-refractivity contribution in [1.29, 1.82) is 5.26 Å². The molecule has 0 saturated heterocycles. The molecular formula is C14H15N5O. The van der Waals surface area contributed by atoms with Crippen molar-refractivity contribution < 1.29 is 4.79 Å². The maximum atomic E-state index is 12.2. The molecule has 1 amide bonds. The van der Waals surface area contributed by atoms with Gasteiger partial charge in [0.1, 0.15) is 6.04 Å². The number of rotatable bonds is 3. The topological polar surface area (TPSA) is 96.7 Å². The van der Waals surface area contributed by atoms with Gasteiger partial charge in [0, 0.05) is 6.04 Å². The number of nitrogens with zero attached hydrogens (tertiary/aromatic N) is 3. The molecule has 1 saturated carbocycles. The van der Waals surface area contributed by atoms with Gasteiger partial charge >= 0.3 is 0 Å². The Morgan fingerprint density at radius 3 is 3.00 bits per heavy atom. The van der Waals surface area contributed by atoms with E-state index in [0.29, 0.717) is 22.6 Å². The van der Waals surface area contributed by atoms with E-state index < -0.39 is 6.04 Å². The molecule has 20 heavy (non-hydrogen) atoms. The van der Waals surface area contributed by atoms with E-state index in [2.05, 4.69) is 16.4 Å². The summed E-state index contributed by atoms with van der Waals surface area (Å²) in [4.78, 5) is 16.4. The van der Waals surface area contributed by atoms with Gasteiger partial charge < -0.3 is 11.1 Å². The molecule has 0 aliphatic heterocycles. The lowest BCUT2D eigenvalue weighted by molar-refractivity contribution is -0.123. The third-order valence-electron chi connectivity index (χ3n) is 3.54. The van der Waals surface area contributed by atoms with Crippen LogP contribution < -0.4 is 11.1 Å². The van der Waals surface area contributed by atoms with E-state index >= 15 is 0 Å². The molecule has 6 heteroatoms. The van der Waals surface area contributed by atoms with Gasteiger partial charge in [0.25, 0.3) is 0 Å². The molecule has 2 aromatic rings. The van der Waals surface area contributed by atoms with Crippen molar-refractivity contribution >= 4 is 22.9 Å². The van der Waals surface area contributed by atoms with E-state index in [0.717, 1.165) is 12.8 Å². The lowest BCUT2D eigenvalue weighted by Crippen LogP contribution is -2.32. The monoisotopic (exact) mass is 269 g/mol. The van der Waals surface area contributed by atoms with Gasteiger partial charge in [-0.3, -0.25) is 9.36 Å². The Kier molecular flexibility index (Phi) is 2.83. The Labute approximate surface area is 116 Å². The van der Waals surface area contributed by atoms with Crippen LogP contribution in [0.15, 0.2) is 18.2 Å². The second kappa shape index (κ2) is 4.53. The number of aromatic nitrogens is 2. The number of carbonyl (C=O) groups excluding carboxylic acids is 1. The summed E-state index contributed by atoms with van der Waals surface area (Å²) in [7, 11) is 0. The van der Waals surface area contributed by atoms with Crippen molar-refractivity contribution in [3.05, 3.63) is 23.8 Å². The summed E-state index contributed by atoms with van der Waals surface area (Å²) >= 11 is 0. The number of imidazole rings is 1. The highest BCUT2D eigenvalue weighted by Gasteiger charge is 2.27. The predicted molar refractivity (Wildman–Crippen MR) is 74.7 cm³/mol. The zero-order valence-corrected chi connectivity index (χ0v) is 11.1. The molecule has 1 atom stereocenters. The molecule has 1 aromatic heterocycles. The first-order valence-corrected chi connectivity index (χ1v) is 6.58. The number of nitrogens with one attached hydrogen (secondary N) is 1. The van der Waals surface area contributed by atoms with Gasteiger partial charge in [-0.1, -0.05) is 0 Å². The third kappa shape index (κ3) is 2.07. The van der Waals surface area contributed by atoms with Crippen molar-refractivity contribution in [2.24, 2.45) is 0 Å². The van der Waals surface area contributed by atoms with Gasteiger partial charge in [-0.15, -0.1) is 0 Å². The van der Waals surface area contributed by atoms with Crippen LogP contribution in [-0.2, 0) is 4.79 Å². The van der Waals surface area contributed by atoms with Crippen LogP contribution >= 0.6 is 0 Å². The van der Waals surface area contributed by atoms with Crippen molar-refractivity contribution in [2.45, 2.75) is 31.8 Å². The lowest BCUT2D eigenvalue weighted by Gasteiger charge is -2.15. The molecule has 0 bridgehead atoms. The third-order valence-corrected chi connectivity index (χ3v) is 3.54. The maximum absolute atomic E-state index is 12.2. The quantitative estimate of drug-likeness (QED) is 0.878. The van der Waals surface area contributed by atoms with Crippen LogP contribution in [0.4, 0.5) is 5.95 Å². The minimum Gasteiger partial charge on any atom is -0.369 e. The fourth-order valence-electron chi connectivity index (χ4n) is 2.25. The number of hydrogen-bond acceptors (Lipinski definition) is 4. The first kappa shape index (κ1) is 12.5. The van der Waals surface area contributed by atoms with E-state index in [1.807, 2.05) is 0 Å². The van der Waals surface area contributed by atoms with Gasteiger partial charge in [-0.25, -0.2) is 4.98 Å². The minimum atomic E-state index is -0.449. The molecule has 1 fully saturated rings. The average Bonchev–Trinajstić information content (AvgIpc) is 3.18. The van der Waals surface area contributed by atoms with E-state index in [4.69, 9.17) is 11.0 Å². The molecule has 3 N–H and O–H groups in total. The number of hydrogen-bond donors (Lipinski definition) is 2. The predicted octanol–water partition coefficient (Wildman–Crippen LogP) is 1.33. The molecule has 102 valence electrons. The Morgan fingerprint density at radius 1 is 1.60 bits per heavy atom. The summed E-state index contributed by atoms with van der Waals surface area (Å²) < 4.78 is 1.67. The van der Waals surface area contributed by atoms with Crippen molar-refractivity contribution in [2.75, 3.05) is 5.73 Å². The Balaban J connectivity index is 2.02. The summed E-state index contributed by atoms with van der Waals surface area (Å²) in [6.07, 6.45) is 2.08. The molecule has 1 aliphatic carbocycles. The smallest absolute Gasteiger partial charge is 0.243 e. The van der Waals surface area contributed by atoms with Crippen molar-refractivity contribution in [3.63, 3.8) is 0 Å². The lowest BCUT2D eigenvalue weighted by atomic mass is 10.2. The van der Waals surface area contributed by atoms with Crippen LogP contribution in [0.5, 0.6) is 0 Å². The van der Waals surface area contributed by atoms with Crippen LogP contribution in [0.2, 0.25) is 0 Å². The van der Waals surface area contributed by atoms with Gasteiger partial charge in [-0.2, -0.15) is 5.26 Å². The minimum absolute atomic E-state index is 0.0686. The molecule has 1 heterocycles. The summed E-state index contributed by atoms with van der Waals surface area (Å²) in [5.41, 5.74) is 7.84. The van der Waals surface area contributed by atoms with Gasteiger partial charge in [-0.05, 0) is 38.0 Å². The number of amides is 1. The van der Waals surface area contributed by atoms with Crippen LogP contribution in [0, 0.1) is 11.3 Å². The van der Waals surface area contributed by atoms with E-state index in [-0.39, 0.29) is 11.9 Å². The summed E-state index contributed by atoms with van der Waals surface area (Å²) in [6.45, 7) is 1.79. The summed E-state index contributed by atoms with van der Waals surface area (Å²) in [6, 6.07) is 7.07. The van der Waals surface area contributed by atoms with Crippen molar-refractivity contribution in [3.8, 4) is 6.07 Å². The molecule has 1 aromatic carbocycles. The summed E-state index contributed by atoms with van der Waals surface area (Å²) in [5.74, 6) is 0.217. The Bertz CT molecular complexity index is 723. The SMILES string of the molecule is CC(C(=O)NC1CC1)n1c(N)nc2ccc(C#N)cc21. The highest BCUT2D eigenvalue weighted by molar-refractivity contribution is 5.86. The molecule has 0 spiro atoms. The van der Waals surface area contributed by atoms with Crippen LogP contribution in [-0.4, -0.2) is 21.5 Å². The fraction of sp³-hybridized carbons (Fsp3) is 0.357. The second-order valence-electron chi connectivity index (χ2n) is 5.11. The second-order valence-corrected chi connectivity index (χ2v) is 5.11. The molecular weight excluding hydrogens is 254 g/mol. The average molecular weight is 269 g/mol. The number of fused-ring (bicyclic) bond motifs is 1. The van der Waals surface area contributed by atoms with Crippen LogP contribution in [0.25, 0.3) is 11.0 Å². The zero-order valence-electron chi connectivity index (χ0n) is 11.1. The number of benzene rings is 1. The molecule has 1 aliphatic rings. The van der Waals surface area contributed by atoms with E-state index in [1.54, 1.807) is 29.7 Å². The first-order valence-electron chi connectivity index (χ1n) is 6.58. The van der Waals surface area contributed by atoms with Crippen molar-refractivity contribution in [1.82, 2.24) is 14.9 Å². The number of nitrogen functional groups attached to an aromatic ring is 1. The molecule has 3 rings (SSSR count). The van der Waals surface area contributed by atoms with E-state index in [1.165, 1.54) is 0 Å². The van der Waals surface area contributed by atoms with Gasteiger partial charge in [0.05, 0.1) is 22.7 Å². The Morgan fingerprint density at radius 2 is 2.35 bits per heavy atom. The normalized spacial score (nSPS) is 15.8. The number of nitriles is 1. The Hall–Kier alpha value is -2.55. The summed E-state index contributed by atoms with van der Waals surface area (Å²) in [5, 5.41) is 11.9. The van der Waals surface area contributed by atoms with Crippen LogP contribution in [0.1, 0.15) is 31.4 Å². The number of anilines is 1. The highest BCUT2D eigenvalue weighted by atomic mass is 16.2. The van der Waals surface area contributed by atoms with Gasteiger partial charge in [0.2, 0.25) is 11.9 Å². The highest BCUT2D eigenvalue weighted by Crippen LogP contribution is 2.25. The zero-order chi connectivity index (χ0) is 14.3. The standard InChI is InChI=1S/C14H15N5O/c1-8(13(20)17-10-3-4-10)19-12-6-9(7-15)2-5-11(12)18-14(19)16/h2,5-6,8,10H,3-4H2,1H3,(H2,16,18)(H,17,20). The molecule has 1 unspecified atom stereocenters. The fourth-order valence-corrected chi connectivity index (χ4v) is 2.25. The number of carbonyl (C=O) groups is 1. The maximum Gasteiger partial charge on any atom is 0.243 e. The molecule has 0 radical (unpaired) electrons. The largest absolute Gasteiger partial charge is 0.369 e. The van der Waals surface area contributed by atoms with E-state index in [9.17, 15) is 4.79 Å². The van der Waals surface area contributed by atoms with Crippen LogP contribution in [0.3, 0.4) is 0 Å². The van der Waals surface area contributed by atoms with Gasteiger partial charge in [0.15, 0.2) is 0 Å². The number of nitrogens with two attached hydrogens (primary N) is 1. The first-order chi connectivity index (χ1) is 9.60.